The molecule has 1 fully saturated rings. The summed E-state index contributed by atoms with van der Waals surface area (Å²) in [5, 5.41) is 3.54. The molecule has 1 rings (SSSR count). The molecule has 0 aromatic carbocycles. The van der Waals surface area contributed by atoms with Crippen molar-refractivity contribution < 1.29 is 0 Å². The molecule has 0 bridgehead atoms. The molecule has 0 heterocycles. The van der Waals surface area contributed by atoms with Crippen molar-refractivity contribution >= 4 is 0 Å². The smallest absolute Gasteiger partial charge is 0.0257 e. The first-order chi connectivity index (χ1) is 6.93. The fourth-order valence-corrected chi connectivity index (χ4v) is 2.31. The molecular weight excluding hydrogens is 174 g/mol. The Morgan fingerprint density at radius 3 is 2.57 bits per heavy atom. The Kier molecular flexibility index (Phi) is 6.25. The van der Waals surface area contributed by atoms with Crippen LogP contribution in [0.2, 0.25) is 0 Å². The SMILES string of the molecule is [N-]=[N+]=NCCCCCC1CCCCC1. The van der Waals surface area contributed by atoms with E-state index < -0.39 is 0 Å². The highest BCUT2D eigenvalue weighted by Crippen LogP contribution is 2.27. The minimum Gasteiger partial charge on any atom is -0.0940 e. The molecule has 0 aromatic rings. The van der Waals surface area contributed by atoms with Gasteiger partial charge in [0.05, 0.1) is 0 Å². The number of hydrogen-bond donors (Lipinski definition) is 0. The van der Waals surface area contributed by atoms with Crippen molar-refractivity contribution in [2.75, 3.05) is 6.54 Å². The van der Waals surface area contributed by atoms with Crippen molar-refractivity contribution in [2.24, 2.45) is 11.0 Å². The fourth-order valence-electron chi connectivity index (χ4n) is 2.31. The Bertz CT molecular complexity index is 179. The van der Waals surface area contributed by atoms with E-state index in [1.807, 2.05) is 0 Å². The van der Waals surface area contributed by atoms with Crippen molar-refractivity contribution in [1.82, 2.24) is 0 Å². The molecule has 3 nitrogen and oxygen atoms in total. The van der Waals surface area contributed by atoms with E-state index in [-0.39, 0.29) is 0 Å². The van der Waals surface area contributed by atoms with Gasteiger partial charge in [-0.3, -0.25) is 0 Å². The number of unbranched alkanes of at least 4 members (excludes halogenated alkanes) is 2. The van der Waals surface area contributed by atoms with E-state index >= 15 is 0 Å². The van der Waals surface area contributed by atoms with Crippen molar-refractivity contribution in [3.05, 3.63) is 10.4 Å². The number of nitrogens with zero attached hydrogens (tertiary/aromatic N) is 3. The normalized spacial score (nSPS) is 17.7. The zero-order chi connectivity index (χ0) is 10.1. The molecule has 1 aliphatic rings. The second-order valence-corrected chi connectivity index (χ2v) is 4.31. The van der Waals surface area contributed by atoms with Gasteiger partial charge in [0.2, 0.25) is 0 Å². The van der Waals surface area contributed by atoms with E-state index in [4.69, 9.17) is 5.53 Å². The maximum atomic E-state index is 8.08. The van der Waals surface area contributed by atoms with Crippen LogP contribution in [-0.4, -0.2) is 6.54 Å². The molecule has 1 aliphatic carbocycles. The number of azide groups is 1. The van der Waals surface area contributed by atoms with Crippen LogP contribution in [0.25, 0.3) is 10.4 Å². The van der Waals surface area contributed by atoms with E-state index in [1.54, 1.807) is 0 Å². The van der Waals surface area contributed by atoms with E-state index in [9.17, 15) is 0 Å². The summed E-state index contributed by atoms with van der Waals surface area (Å²) < 4.78 is 0. The molecule has 0 radical (unpaired) electrons. The third-order valence-electron chi connectivity index (χ3n) is 3.16. The minimum atomic E-state index is 0.682. The Morgan fingerprint density at radius 1 is 1.07 bits per heavy atom. The van der Waals surface area contributed by atoms with Crippen LogP contribution in [0.5, 0.6) is 0 Å². The molecule has 80 valence electrons. The van der Waals surface area contributed by atoms with Crippen molar-refractivity contribution in [2.45, 2.75) is 57.8 Å². The number of rotatable bonds is 6. The summed E-state index contributed by atoms with van der Waals surface area (Å²) in [5.74, 6) is 1.00. The maximum absolute atomic E-state index is 8.08. The monoisotopic (exact) mass is 195 g/mol. The summed E-state index contributed by atoms with van der Waals surface area (Å²) in [5.41, 5.74) is 8.08. The average Bonchev–Trinajstić information content (AvgIpc) is 2.25. The molecule has 0 saturated heterocycles. The van der Waals surface area contributed by atoms with Gasteiger partial charge in [0.15, 0.2) is 0 Å². The van der Waals surface area contributed by atoms with Gasteiger partial charge in [0, 0.05) is 11.5 Å². The lowest BCUT2D eigenvalue weighted by Crippen LogP contribution is -2.05. The zero-order valence-corrected chi connectivity index (χ0v) is 8.99. The third kappa shape index (κ3) is 5.13. The molecule has 1 saturated carbocycles. The van der Waals surface area contributed by atoms with Crippen molar-refractivity contribution in [3.63, 3.8) is 0 Å². The van der Waals surface area contributed by atoms with Gasteiger partial charge in [-0.05, 0) is 17.9 Å². The summed E-state index contributed by atoms with van der Waals surface area (Å²) in [6.45, 7) is 0.682. The van der Waals surface area contributed by atoms with Gasteiger partial charge in [-0.15, -0.1) is 0 Å². The predicted molar refractivity (Wildman–Crippen MR) is 59.1 cm³/mol. The minimum absolute atomic E-state index is 0.682. The molecule has 3 heteroatoms. The van der Waals surface area contributed by atoms with Gasteiger partial charge in [0.1, 0.15) is 0 Å². The summed E-state index contributed by atoms with van der Waals surface area (Å²) in [7, 11) is 0. The van der Waals surface area contributed by atoms with Crippen LogP contribution in [0.3, 0.4) is 0 Å². The second-order valence-electron chi connectivity index (χ2n) is 4.31. The molecular formula is C11H21N3. The van der Waals surface area contributed by atoms with E-state index in [0.717, 1.165) is 12.3 Å². The summed E-state index contributed by atoms with van der Waals surface area (Å²) in [6, 6.07) is 0. The quantitative estimate of drug-likeness (QED) is 0.260. The van der Waals surface area contributed by atoms with Crippen LogP contribution < -0.4 is 0 Å². The van der Waals surface area contributed by atoms with Crippen LogP contribution in [0.1, 0.15) is 57.8 Å². The largest absolute Gasteiger partial charge is 0.0940 e. The van der Waals surface area contributed by atoms with E-state index in [0.29, 0.717) is 6.54 Å². The average molecular weight is 195 g/mol. The Morgan fingerprint density at radius 2 is 1.86 bits per heavy atom. The Labute approximate surface area is 86.5 Å². The molecule has 0 amide bonds. The summed E-state index contributed by atoms with van der Waals surface area (Å²) >= 11 is 0. The van der Waals surface area contributed by atoms with Crippen LogP contribution in [0.15, 0.2) is 5.11 Å². The molecule has 14 heavy (non-hydrogen) atoms. The van der Waals surface area contributed by atoms with Gasteiger partial charge < -0.3 is 0 Å². The lowest BCUT2D eigenvalue weighted by molar-refractivity contribution is 0.329. The Balaban J connectivity index is 1.89. The van der Waals surface area contributed by atoms with Crippen LogP contribution in [-0.2, 0) is 0 Å². The van der Waals surface area contributed by atoms with Gasteiger partial charge in [-0.1, -0.05) is 56.5 Å². The van der Waals surface area contributed by atoms with Gasteiger partial charge >= 0.3 is 0 Å². The molecule has 0 aliphatic heterocycles. The Hall–Kier alpha value is -0.690. The van der Waals surface area contributed by atoms with E-state index in [2.05, 4.69) is 10.0 Å². The van der Waals surface area contributed by atoms with E-state index in [1.165, 1.54) is 51.4 Å². The second kappa shape index (κ2) is 7.69. The maximum Gasteiger partial charge on any atom is 0.0257 e. The molecule has 0 atom stereocenters. The molecule has 0 spiro atoms. The zero-order valence-electron chi connectivity index (χ0n) is 8.99. The summed E-state index contributed by atoms with van der Waals surface area (Å²) in [6.07, 6.45) is 12.3. The van der Waals surface area contributed by atoms with Crippen LogP contribution in [0, 0.1) is 5.92 Å². The first-order valence-electron chi connectivity index (χ1n) is 5.94. The number of hydrogen-bond acceptors (Lipinski definition) is 1. The first-order valence-corrected chi connectivity index (χ1v) is 5.94. The predicted octanol–water partition coefficient (Wildman–Crippen LogP) is 4.44. The highest BCUT2D eigenvalue weighted by atomic mass is 15.1. The lowest BCUT2D eigenvalue weighted by atomic mass is 9.86. The van der Waals surface area contributed by atoms with Gasteiger partial charge in [-0.2, -0.15) is 0 Å². The molecule has 0 N–H and O–H groups in total. The lowest BCUT2D eigenvalue weighted by Gasteiger charge is -2.21. The third-order valence-corrected chi connectivity index (χ3v) is 3.16. The highest BCUT2D eigenvalue weighted by molar-refractivity contribution is 4.65. The molecule has 0 unspecified atom stereocenters. The van der Waals surface area contributed by atoms with Gasteiger partial charge in [-0.25, -0.2) is 0 Å². The van der Waals surface area contributed by atoms with Crippen LogP contribution >= 0.6 is 0 Å². The molecule has 0 aromatic heterocycles. The topological polar surface area (TPSA) is 48.8 Å². The standard InChI is InChI=1S/C11H21N3/c12-14-13-10-6-2-5-9-11-7-3-1-4-8-11/h11H,1-10H2. The fraction of sp³-hybridized carbons (Fsp3) is 1.00. The van der Waals surface area contributed by atoms with Crippen LogP contribution in [0.4, 0.5) is 0 Å². The first kappa shape index (κ1) is 11.4. The summed E-state index contributed by atoms with van der Waals surface area (Å²) in [4.78, 5) is 2.75. The highest BCUT2D eigenvalue weighted by Gasteiger charge is 2.12. The van der Waals surface area contributed by atoms with Gasteiger partial charge in [0.25, 0.3) is 0 Å². The van der Waals surface area contributed by atoms with Crippen molar-refractivity contribution in [3.8, 4) is 0 Å². The van der Waals surface area contributed by atoms with Crippen molar-refractivity contribution in [1.29, 1.82) is 0 Å².